The summed E-state index contributed by atoms with van der Waals surface area (Å²) in [4.78, 5) is 72.4. The monoisotopic (exact) mass is 1300 g/mol. The van der Waals surface area contributed by atoms with Gasteiger partial charge in [0, 0.05) is 25.7 Å². The number of rotatable bonds is 69. The number of carbonyl (C=O) groups is 4. The van der Waals surface area contributed by atoms with Crippen molar-refractivity contribution in [3.63, 3.8) is 0 Å². The van der Waals surface area contributed by atoms with Gasteiger partial charge in [-0.05, 0) is 31.6 Å². The van der Waals surface area contributed by atoms with E-state index in [-0.39, 0.29) is 25.7 Å². The number of unbranched alkanes of at least 4 members (excludes halogenated alkanes) is 41. The zero-order valence-corrected chi connectivity index (χ0v) is 58.6. The average Bonchev–Trinajstić information content (AvgIpc) is 3.58. The summed E-state index contributed by atoms with van der Waals surface area (Å²) in [6, 6.07) is 0. The van der Waals surface area contributed by atoms with Crippen molar-refractivity contribution in [2.75, 3.05) is 39.6 Å². The zero-order chi connectivity index (χ0) is 64.9. The summed E-state index contributed by atoms with van der Waals surface area (Å²) in [7, 11) is -9.89. The summed E-state index contributed by atoms with van der Waals surface area (Å²) in [6.45, 7) is 7.22. The van der Waals surface area contributed by atoms with Gasteiger partial charge in [0.25, 0.3) is 0 Å². The van der Waals surface area contributed by atoms with Crippen molar-refractivity contribution in [1.29, 1.82) is 0 Å². The van der Waals surface area contributed by atoms with Gasteiger partial charge in [0.05, 0.1) is 26.4 Å². The minimum Gasteiger partial charge on any atom is -0.462 e. The normalized spacial score (nSPS) is 14.1. The lowest BCUT2D eigenvalue weighted by Gasteiger charge is -2.21. The fraction of sp³-hybridized carbons (Fsp3) is 0.942. The van der Waals surface area contributed by atoms with Crippen LogP contribution < -0.4 is 0 Å². The second-order valence-corrected chi connectivity index (χ2v) is 28.3. The minimum absolute atomic E-state index is 0.106. The molecule has 17 nitrogen and oxygen atoms in total. The number of carbonyl (C=O) groups excluding carboxylic acids is 4. The molecule has 0 saturated heterocycles. The van der Waals surface area contributed by atoms with Gasteiger partial charge in [0.2, 0.25) is 0 Å². The molecule has 19 heteroatoms. The summed E-state index contributed by atoms with van der Waals surface area (Å²) in [5, 5.41) is 10.6. The Bertz CT molecular complexity index is 1700. The van der Waals surface area contributed by atoms with E-state index in [1.54, 1.807) is 0 Å². The van der Waals surface area contributed by atoms with Crippen LogP contribution in [0.2, 0.25) is 0 Å². The maximum atomic E-state index is 13.0. The Kier molecular flexibility index (Phi) is 61.1. The third-order valence-electron chi connectivity index (χ3n) is 16.0. The van der Waals surface area contributed by atoms with Crippen LogP contribution in [0.4, 0.5) is 0 Å². The molecule has 3 N–H and O–H groups in total. The summed E-state index contributed by atoms with van der Waals surface area (Å²) in [5.41, 5.74) is 0. The number of ether oxygens (including phenoxy) is 4. The first-order chi connectivity index (χ1) is 42.5. The van der Waals surface area contributed by atoms with E-state index < -0.39 is 97.5 Å². The molecule has 0 spiro atoms. The highest BCUT2D eigenvalue weighted by atomic mass is 31.2. The number of aliphatic hydroxyl groups is 1. The number of aliphatic hydroxyl groups excluding tert-OH is 1. The molecule has 0 aromatic carbocycles. The van der Waals surface area contributed by atoms with Gasteiger partial charge in [-0.2, -0.15) is 0 Å². The quantitative estimate of drug-likeness (QED) is 0.0222. The largest absolute Gasteiger partial charge is 0.472 e. The Morgan fingerprint density at radius 3 is 0.773 bits per heavy atom. The van der Waals surface area contributed by atoms with Gasteiger partial charge >= 0.3 is 39.5 Å². The van der Waals surface area contributed by atoms with Crippen LogP contribution in [0.15, 0.2) is 0 Å². The van der Waals surface area contributed by atoms with Crippen LogP contribution >= 0.6 is 15.6 Å². The SMILES string of the molecule is CCCCCCCCCCCCCCCCCC(=O)OC[C@H](COP(=O)(O)OC[C@@H](O)COP(=O)(O)OC[C@@H](COC(=O)CCCCCCCCCCC)OC(=O)CCCCCCCCCCC)OC(=O)CCCCCCCCCCCCCCC(C)C. The fourth-order valence-corrected chi connectivity index (χ4v) is 12.0. The lowest BCUT2D eigenvalue weighted by molar-refractivity contribution is -0.161. The highest BCUT2D eigenvalue weighted by Gasteiger charge is 2.30. The van der Waals surface area contributed by atoms with Crippen LogP contribution in [0.5, 0.6) is 0 Å². The Hall–Kier alpha value is -1.94. The topological polar surface area (TPSA) is 237 Å². The number of hydrogen-bond donors (Lipinski definition) is 3. The van der Waals surface area contributed by atoms with Crippen LogP contribution in [0, 0.1) is 5.92 Å². The second kappa shape index (κ2) is 62.5. The molecule has 0 fully saturated rings. The van der Waals surface area contributed by atoms with E-state index in [9.17, 15) is 43.2 Å². The van der Waals surface area contributed by atoms with Crippen molar-refractivity contribution >= 4 is 39.5 Å². The van der Waals surface area contributed by atoms with Crippen LogP contribution in [-0.4, -0.2) is 96.7 Å². The number of phosphoric acid groups is 2. The van der Waals surface area contributed by atoms with Crippen LogP contribution in [0.3, 0.4) is 0 Å². The molecule has 0 radical (unpaired) electrons. The number of phosphoric ester groups is 2. The van der Waals surface area contributed by atoms with Gasteiger partial charge in [-0.1, -0.05) is 304 Å². The first kappa shape index (κ1) is 86.1. The van der Waals surface area contributed by atoms with E-state index in [1.165, 1.54) is 180 Å². The van der Waals surface area contributed by atoms with E-state index in [4.69, 9.17) is 37.0 Å². The molecule has 0 aromatic rings. The summed E-state index contributed by atoms with van der Waals surface area (Å²) >= 11 is 0. The first-order valence-electron chi connectivity index (χ1n) is 36.1. The molecule has 0 bridgehead atoms. The van der Waals surface area contributed by atoms with E-state index in [1.807, 2.05) is 0 Å². The van der Waals surface area contributed by atoms with Gasteiger partial charge in [-0.15, -0.1) is 0 Å². The highest BCUT2D eigenvalue weighted by Crippen LogP contribution is 2.45. The van der Waals surface area contributed by atoms with E-state index >= 15 is 0 Å². The minimum atomic E-state index is -4.95. The summed E-state index contributed by atoms with van der Waals surface area (Å²) < 4.78 is 68.2. The van der Waals surface area contributed by atoms with Crippen molar-refractivity contribution in [3.8, 4) is 0 Å². The molecule has 88 heavy (non-hydrogen) atoms. The predicted molar refractivity (Wildman–Crippen MR) is 354 cm³/mol. The molecular formula is C69H134O17P2. The van der Waals surface area contributed by atoms with Crippen molar-refractivity contribution < 1.29 is 80.2 Å². The van der Waals surface area contributed by atoms with Crippen molar-refractivity contribution in [3.05, 3.63) is 0 Å². The van der Waals surface area contributed by atoms with Crippen molar-refractivity contribution in [2.45, 2.75) is 374 Å². The molecule has 0 aliphatic rings. The molecule has 0 heterocycles. The third kappa shape index (κ3) is 62.8. The Balaban J connectivity index is 5.21. The van der Waals surface area contributed by atoms with E-state index in [0.717, 1.165) is 95.8 Å². The third-order valence-corrected chi connectivity index (χ3v) is 17.9. The van der Waals surface area contributed by atoms with E-state index in [2.05, 4.69) is 34.6 Å². The predicted octanol–water partition coefficient (Wildman–Crippen LogP) is 19.7. The highest BCUT2D eigenvalue weighted by molar-refractivity contribution is 7.47. The fourth-order valence-electron chi connectivity index (χ4n) is 10.5. The Morgan fingerprint density at radius 1 is 0.307 bits per heavy atom. The molecular weight excluding hydrogens is 1160 g/mol. The van der Waals surface area contributed by atoms with Crippen molar-refractivity contribution in [2.24, 2.45) is 5.92 Å². The molecule has 2 unspecified atom stereocenters. The van der Waals surface area contributed by atoms with Crippen LogP contribution in [-0.2, 0) is 65.4 Å². The standard InChI is InChI=1S/C69H134O17P2/c1-6-9-12-15-18-21-22-23-24-25-29-34-38-43-48-53-67(72)80-59-65(86-69(74)55-50-45-40-35-30-27-26-28-33-36-41-46-51-62(4)5)61-84-88(77,78)82-57-63(70)56-81-87(75,76)83-60-64(85-68(73)54-49-44-39-32-20-17-14-11-8-3)58-79-66(71)52-47-42-37-31-19-16-13-10-7-2/h62-65,70H,6-61H2,1-5H3,(H,75,76)(H,77,78)/t63-,64+,65+/m0/s1. The molecule has 0 rings (SSSR count). The maximum absolute atomic E-state index is 13.0. The molecule has 0 aliphatic heterocycles. The lowest BCUT2D eigenvalue weighted by atomic mass is 10.0. The van der Waals surface area contributed by atoms with E-state index in [0.29, 0.717) is 25.7 Å². The molecule has 522 valence electrons. The molecule has 0 aromatic heterocycles. The molecule has 0 aliphatic carbocycles. The summed E-state index contributed by atoms with van der Waals surface area (Å²) in [5.74, 6) is -1.35. The molecule has 0 amide bonds. The van der Waals surface area contributed by atoms with Gasteiger partial charge in [0.15, 0.2) is 12.2 Å². The number of esters is 4. The molecule has 0 saturated carbocycles. The first-order valence-corrected chi connectivity index (χ1v) is 39.1. The Morgan fingerprint density at radius 2 is 0.523 bits per heavy atom. The summed E-state index contributed by atoms with van der Waals surface area (Å²) in [6.07, 6.45) is 48.5. The second-order valence-electron chi connectivity index (χ2n) is 25.4. The van der Waals surface area contributed by atoms with Crippen molar-refractivity contribution in [1.82, 2.24) is 0 Å². The van der Waals surface area contributed by atoms with Gasteiger partial charge in [-0.25, -0.2) is 9.13 Å². The van der Waals surface area contributed by atoms with Crippen LogP contribution in [0.1, 0.15) is 356 Å². The Labute approximate surface area is 537 Å². The van der Waals surface area contributed by atoms with Gasteiger partial charge in [-0.3, -0.25) is 37.3 Å². The van der Waals surface area contributed by atoms with Crippen LogP contribution in [0.25, 0.3) is 0 Å². The molecule has 5 atom stereocenters. The number of hydrogen-bond acceptors (Lipinski definition) is 15. The maximum Gasteiger partial charge on any atom is 0.472 e. The lowest BCUT2D eigenvalue weighted by Crippen LogP contribution is -2.30. The van der Waals surface area contributed by atoms with Gasteiger partial charge in [0.1, 0.15) is 19.3 Å². The zero-order valence-electron chi connectivity index (χ0n) is 56.9. The average molecular weight is 1300 g/mol. The smallest absolute Gasteiger partial charge is 0.462 e. The van der Waals surface area contributed by atoms with Gasteiger partial charge < -0.3 is 33.8 Å².